The summed E-state index contributed by atoms with van der Waals surface area (Å²) in [7, 11) is -11.7. The van der Waals surface area contributed by atoms with E-state index in [0.29, 0.717) is 34.5 Å². The van der Waals surface area contributed by atoms with Crippen molar-refractivity contribution in [3.05, 3.63) is 176 Å². The molecule has 1 aliphatic rings. The summed E-state index contributed by atoms with van der Waals surface area (Å²) < 4.78 is 49.7. The van der Waals surface area contributed by atoms with E-state index in [1.807, 2.05) is 156 Å². The van der Waals surface area contributed by atoms with Gasteiger partial charge in [-0.3, -0.25) is 18.1 Å². The van der Waals surface area contributed by atoms with E-state index in [4.69, 9.17) is 31.7 Å². The molecule has 6 aromatic rings. The summed E-state index contributed by atoms with van der Waals surface area (Å²) in [6, 6.07) is 36.6. The van der Waals surface area contributed by atoms with Gasteiger partial charge < -0.3 is 9.05 Å². The van der Waals surface area contributed by atoms with E-state index in [1.165, 1.54) is 0 Å². The molecule has 0 atom stereocenters. The SMILES string of the molecule is Cc1ccc(C)c(OP2(Oc3cc(C)ccc3C)=N[P+](Oc3cc(C)ccc3C)(Oc3cc(C)ccc3C)N[P+](Oc3cc(C)ccc3C)(Oc3cc(C)ccc3C)N2)c1. The van der Waals surface area contributed by atoms with Gasteiger partial charge in [0.15, 0.2) is 23.0 Å². The second kappa shape index (κ2) is 17.2. The van der Waals surface area contributed by atoms with Gasteiger partial charge in [0.1, 0.15) is 16.4 Å². The highest BCUT2D eigenvalue weighted by Gasteiger charge is 2.75. The van der Waals surface area contributed by atoms with E-state index in [0.717, 1.165) is 66.8 Å². The van der Waals surface area contributed by atoms with Crippen molar-refractivity contribution >= 4 is 23.7 Å². The molecule has 9 nitrogen and oxygen atoms in total. The van der Waals surface area contributed by atoms with Gasteiger partial charge in [0.25, 0.3) is 0 Å². The summed E-state index contributed by atoms with van der Waals surface area (Å²) in [5, 5.41) is 0. The molecule has 0 bridgehead atoms. The van der Waals surface area contributed by atoms with Gasteiger partial charge in [-0.1, -0.05) is 72.8 Å². The Kier molecular flexibility index (Phi) is 12.4. The molecular formula is C48H56N3O6P3+2. The lowest BCUT2D eigenvalue weighted by Gasteiger charge is -2.35. The summed E-state index contributed by atoms with van der Waals surface area (Å²) in [4.78, 5) is 7.53. The molecule has 6 aromatic carbocycles. The quantitative estimate of drug-likeness (QED) is 0.118. The van der Waals surface area contributed by atoms with Crippen molar-refractivity contribution in [3.8, 4) is 34.5 Å². The highest BCUT2D eigenvalue weighted by molar-refractivity contribution is 7.89. The van der Waals surface area contributed by atoms with Crippen LogP contribution in [0.1, 0.15) is 66.8 Å². The van der Waals surface area contributed by atoms with Crippen molar-refractivity contribution < 1.29 is 27.1 Å². The average Bonchev–Trinajstić information content (AvgIpc) is 3.17. The second-order valence-corrected chi connectivity index (χ2v) is 22.6. The Morgan fingerprint density at radius 3 is 0.950 bits per heavy atom. The third kappa shape index (κ3) is 9.84. The minimum atomic E-state index is -3.92. The maximum Gasteiger partial charge on any atom is 0.617 e. The molecule has 0 fully saturated rings. The van der Waals surface area contributed by atoms with Crippen LogP contribution in [0.3, 0.4) is 0 Å². The predicted molar refractivity (Wildman–Crippen MR) is 249 cm³/mol. The molecule has 0 radical (unpaired) electrons. The first-order valence-corrected chi connectivity index (χ1v) is 24.8. The van der Waals surface area contributed by atoms with Crippen molar-refractivity contribution in [3.63, 3.8) is 0 Å². The molecule has 312 valence electrons. The summed E-state index contributed by atoms with van der Waals surface area (Å²) in [6.45, 7) is 24.3. The average molecular weight is 864 g/mol. The van der Waals surface area contributed by atoms with Gasteiger partial charge in [-0.05, 0) is 186 Å². The molecule has 0 spiro atoms. The van der Waals surface area contributed by atoms with Crippen LogP contribution < -0.4 is 36.9 Å². The molecule has 12 heteroatoms. The van der Waals surface area contributed by atoms with Crippen molar-refractivity contribution in [1.29, 1.82) is 0 Å². The number of hydrogen-bond donors (Lipinski definition) is 2. The molecule has 1 aliphatic heterocycles. The van der Waals surface area contributed by atoms with Crippen LogP contribution in [0.15, 0.2) is 114 Å². The Morgan fingerprint density at radius 1 is 0.367 bits per heavy atom. The first-order chi connectivity index (χ1) is 28.4. The summed E-state index contributed by atoms with van der Waals surface area (Å²) in [5.41, 5.74) is 11.4. The zero-order valence-electron chi connectivity index (χ0n) is 36.6. The van der Waals surface area contributed by atoms with Gasteiger partial charge in [0.2, 0.25) is 0 Å². The van der Waals surface area contributed by atoms with Crippen LogP contribution in [0.5, 0.6) is 34.5 Å². The van der Waals surface area contributed by atoms with E-state index >= 15 is 0 Å². The molecule has 0 unspecified atom stereocenters. The van der Waals surface area contributed by atoms with Gasteiger partial charge in [-0.2, -0.15) is 0 Å². The Labute approximate surface area is 357 Å². The fourth-order valence-electron chi connectivity index (χ4n) is 6.49. The largest absolute Gasteiger partial charge is 0.617 e. The van der Waals surface area contributed by atoms with Gasteiger partial charge in [-0.15, -0.1) is 0 Å². The number of hydrogen-bond acceptors (Lipinski definition) is 9. The molecule has 0 aromatic heterocycles. The van der Waals surface area contributed by atoms with Crippen molar-refractivity contribution in [2.24, 2.45) is 4.52 Å². The Bertz CT molecular complexity index is 2480. The fraction of sp³-hybridized carbons (Fsp3) is 0.250. The molecule has 60 heavy (non-hydrogen) atoms. The number of rotatable bonds is 12. The van der Waals surface area contributed by atoms with Gasteiger partial charge in [0, 0.05) is 4.86 Å². The number of nitrogens with zero attached hydrogens (tertiary/aromatic N) is 1. The van der Waals surface area contributed by atoms with Crippen LogP contribution in [0.2, 0.25) is 0 Å². The summed E-state index contributed by atoms with van der Waals surface area (Å²) >= 11 is 0. The molecular weight excluding hydrogens is 807 g/mol. The van der Waals surface area contributed by atoms with Crippen LogP contribution in [0.4, 0.5) is 0 Å². The van der Waals surface area contributed by atoms with Gasteiger partial charge in [-0.25, -0.2) is 0 Å². The zero-order chi connectivity index (χ0) is 43.0. The topological polar surface area (TPSA) is 91.8 Å². The molecule has 1 heterocycles. The smallest absolute Gasteiger partial charge is 0.415 e. The summed E-state index contributed by atoms with van der Waals surface area (Å²) in [6.07, 6.45) is 0. The van der Waals surface area contributed by atoms with E-state index in [2.05, 4.69) is 46.1 Å². The van der Waals surface area contributed by atoms with E-state index in [1.54, 1.807) is 0 Å². The standard InChI is InChI=1S/C48H56N3O6P3/c1-31-13-19-37(7)43(25-31)52-58(53-44-26-32(2)14-20-38(44)8)49-59(54-45-27-33(3)15-21-39(45)9,55-46-28-34(4)16-22-40(46)10)51-60(50-58,56-47-29-35(5)17-23-41(47)11)57-48-30-36(6)18-24-42(48)12/h13-30,49-50H,1-12H3/q+2. The molecule has 2 N–H and O–H groups in total. The normalized spacial score (nSPS) is 15.1. The van der Waals surface area contributed by atoms with Gasteiger partial charge >= 0.3 is 23.7 Å². The lowest BCUT2D eigenvalue weighted by molar-refractivity contribution is 0.400. The minimum absolute atomic E-state index is 0.583. The van der Waals surface area contributed by atoms with E-state index in [9.17, 15) is 0 Å². The van der Waals surface area contributed by atoms with Crippen molar-refractivity contribution in [2.75, 3.05) is 0 Å². The van der Waals surface area contributed by atoms with Crippen molar-refractivity contribution in [1.82, 2.24) is 9.72 Å². The second-order valence-electron chi connectivity index (χ2n) is 16.0. The predicted octanol–water partition coefficient (Wildman–Crippen LogP) is 14.7. The van der Waals surface area contributed by atoms with Crippen LogP contribution in [0.25, 0.3) is 0 Å². The Hall–Kier alpha value is -4.87. The monoisotopic (exact) mass is 863 g/mol. The maximum atomic E-state index is 7.37. The third-order valence-corrected chi connectivity index (χ3v) is 18.9. The number of aryl methyl sites for hydroxylation is 12. The fourth-order valence-corrected chi connectivity index (χ4v) is 16.8. The molecule has 0 saturated carbocycles. The van der Waals surface area contributed by atoms with Crippen LogP contribution in [-0.2, 0) is 0 Å². The highest BCUT2D eigenvalue weighted by Crippen LogP contribution is 2.80. The third-order valence-electron chi connectivity index (χ3n) is 10.2. The van der Waals surface area contributed by atoms with E-state index < -0.39 is 23.7 Å². The molecule has 0 amide bonds. The zero-order valence-corrected chi connectivity index (χ0v) is 39.3. The number of benzene rings is 6. The Morgan fingerprint density at radius 2 is 0.633 bits per heavy atom. The van der Waals surface area contributed by atoms with Gasteiger partial charge in [0.05, 0.1) is 4.52 Å². The Balaban J connectivity index is 1.61. The minimum Gasteiger partial charge on any atom is -0.415 e. The van der Waals surface area contributed by atoms with Crippen LogP contribution >= 0.6 is 23.7 Å². The van der Waals surface area contributed by atoms with Crippen LogP contribution in [0, 0.1) is 83.1 Å². The maximum absolute atomic E-state index is 7.37. The molecule has 0 aliphatic carbocycles. The van der Waals surface area contributed by atoms with E-state index in [-0.39, 0.29) is 0 Å². The highest BCUT2D eigenvalue weighted by atomic mass is 31.3. The lowest BCUT2D eigenvalue weighted by atomic mass is 10.1. The van der Waals surface area contributed by atoms with Crippen molar-refractivity contribution in [2.45, 2.75) is 83.1 Å². The molecule has 7 rings (SSSR count). The summed E-state index contributed by atoms with van der Waals surface area (Å²) in [5.74, 6) is 3.53. The number of nitrogens with one attached hydrogen (secondary N) is 2. The lowest BCUT2D eigenvalue weighted by Crippen LogP contribution is -2.41. The van der Waals surface area contributed by atoms with Crippen LogP contribution in [-0.4, -0.2) is 0 Å². The first-order valence-electron chi connectivity index (χ1n) is 20.0. The first kappa shape index (κ1) is 43.2. The molecule has 0 saturated heterocycles.